The maximum absolute atomic E-state index is 12.4. The van der Waals surface area contributed by atoms with Crippen molar-refractivity contribution in [3.05, 3.63) is 27.5 Å². The lowest BCUT2D eigenvalue weighted by molar-refractivity contribution is -0.138. The number of halogens is 3. The van der Waals surface area contributed by atoms with Gasteiger partial charge in [0.05, 0.1) is 5.56 Å². The second-order valence-electron chi connectivity index (χ2n) is 2.95. The SMILES string of the molecule is CCn1c(O)cc(C(F)(F)F)c(C#N)c1=O. The summed E-state index contributed by atoms with van der Waals surface area (Å²) in [6, 6.07) is 1.59. The van der Waals surface area contributed by atoms with E-state index in [0.717, 1.165) is 0 Å². The third-order valence-corrected chi connectivity index (χ3v) is 2.01. The number of nitrogens with zero attached hydrogens (tertiary/aromatic N) is 2. The Morgan fingerprint density at radius 2 is 2.12 bits per heavy atom. The molecule has 0 aliphatic rings. The van der Waals surface area contributed by atoms with Gasteiger partial charge in [0.1, 0.15) is 11.6 Å². The Bertz CT molecular complexity index is 511. The van der Waals surface area contributed by atoms with Crippen LogP contribution in [0.25, 0.3) is 0 Å². The molecule has 0 aromatic carbocycles. The number of aromatic nitrogens is 1. The minimum atomic E-state index is -4.84. The normalized spacial score (nSPS) is 11.2. The van der Waals surface area contributed by atoms with Gasteiger partial charge in [-0.2, -0.15) is 18.4 Å². The molecule has 0 radical (unpaired) electrons. The van der Waals surface area contributed by atoms with Crippen molar-refractivity contribution in [3.63, 3.8) is 0 Å². The van der Waals surface area contributed by atoms with Gasteiger partial charge in [0, 0.05) is 12.6 Å². The van der Waals surface area contributed by atoms with Crippen LogP contribution in [0.4, 0.5) is 13.2 Å². The molecule has 1 rings (SSSR count). The molecule has 0 atom stereocenters. The van der Waals surface area contributed by atoms with Crippen LogP contribution in [0.1, 0.15) is 18.1 Å². The summed E-state index contributed by atoms with van der Waals surface area (Å²) in [5.41, 5.74) is -3.56. The topological polar surface area (TPSA) is 66.0 Å². The van der Waals surface area contributed by atoms with Crippen molar-refractivity contribution in [1.29, 1.82) is 5.26 Å². The van der Waals surface area contributed by atoms with Gasteiger partial charge in [-0.05, 0) is 6.92 Å². The molecular formula is C9H7F3N2O2. The van der Waals surface area contributed by atoms with Crippen LogP contribution in [0.15, 0.2) is 10.9 Å². The van der Waals surface area contributed by atoms with Crippen LogP contribution in [0.2, 0.25) is 0 Å². The van der Waals surface area contributed by atoms with Crippen LogP contribution in [-0.4, -0.2) is 9.67 Å². The first-order chi connectivity index (χ1) is 7.32. The van der Waals surface area contributed by atoms with Gasteiger partial charge in [-0.1, -0.05) is 0 Å². The van der Waals surface area contributed by atoms with E-state index in [1.54, 1.807) is 0 Å². The van der Waals surface area contributed by atoms with E-state index >= 15 is 0 Å². The van der Waals surface area contributed by atoms with Crippen LogP contribution >= 0.6 is 0 Å². The molecule has 1 aromatic heterocycles. The summed E-state index contributed by atoms with van der Waals surface area (Å²) in [7, 11) is 0. The molecule has 7 heteroatoms. The molecule has 4 nitrogen and oxygen atoms in total. The lowest BCUT2D eigenvalue weighted by Crippen LogP contribution is -2.26. The molecule has 16 heavy (non-hydrogen) atoms. The summed E-state index contributed by atoms with van der Waals surface area (Å²) in [4.78, 5) is 11.4. The summed E-state index contributed by atoms with van der Waals surface area (Å²) >= 11 is 0. The zero-order valence-electron chi connectivity index (χ0n) is 8.17. The van der Waals surface area contributed by atoms with Gasteiger partial charge < -0.3 is 5.11 Å². The van der Waals surface area contributed by atoms with Crippen LogP contribution in [0.3, 0.4) is 0 Å². The zero-order valence-corrected chi connectivity index (χ0v) is 8.17. The summed E-state index contributed by atoms with van der Waals surface area (Å²) in [5, 5.41) is 17.7. The summed E-state index contributed by atoms with van der Waals surface area (Å²) in [6.45, 7) is 1.45. The fourth-order valence-electron chi connectivity index (χ4n) is 1.27. The maximum Gasteiger partial charge on any atom is 0.418 e. The van der Waals surface area contributed by atoms with Gasteiger partial charge in [0.2, 0.25) is 0 Å². The quantitative estimate of drug-likeness (QED) is 0.797. The first kappa shape index (κ1) is 12.1. The highest BCUT2D eigenvalue weighted by Crippen LogP contribution is 2.32. The molecule has 0 spiro atoms. The fourth-order valence-corrected chi connectivity index (χ4v) is 1.27. The third-order valence-electron chi connectivity index (χ3n) is 2.01. The average Bonchev–Trinajstić information content (AvgIpc) is 2.16. The predicted molar refractivity (Wildman–Crippen MR) is 47.8 cm³/mol. The molecule has 0 bridgehead atoms. The van der Waals surface area contributed by atoms with Gasteiger partial charge in [0.15, 0.2) is 5.88 Å². The molecule has 0 fully saturated rings. The van der Waals surface area contributed by atoms with Crippen molar-refractivity contribution in [2.75, 3.05) is 0 Å². The van der Waals surface area contributed by atoms with Gasteiger partial charge in [0.25, 0.3) is 5.56 Å². The van der Waals surface area contributed by atoms with Crippen molar-refractivity contribution >= 4 is 0 Å². The Balaban J connectivity index is 3.69. The summed E-state index contributed by atoms with van der Waals surface area (Å²) in [5.74, 6) is -0.807. The molecular weight excluding hydrogens is 225 g/mol. The Morgan fingerprint density at radius 1 is 1.56 bits per heavy atom. The van der Waals surface area contributed by atoms with Gasteiger partial charge in [-0.3, -0.25) is 9.36 Å². The standard InChI is InChI=1S/C9H7F3N2O2/c1-2-14-7(15)3-6(9(10,11)12)5(4-13)8(14)16/h3,15H,2H2,1H3. The van der Waals surface area contributed by atoms with E-state index in [1.807, 2.05) is 0 Å². The van der Waals surface area contributed by atoms with Crippen molar-refractivity contribution in [2.45, 2.75) is 19.6 Å². The number of rotatable bonds is 1. The highest BCUT2D eigenvalue weighted by atomic mass is 19.4. The number of hydrogen-bond donors (Lipinski definition) is 1. The van der Waals surface area contributed by atoms with E-state index in [1.165, 1.54) is 13.0 Å². The van der Waals surface area contributed by atoms with Gasteiger partial charge in [-0.25, -0.2) is 0 Å². The molecule has 0 saturated carbocycles. The van der Waals surface area contributed by atoms with Gasteiger partial charge in [-0.15, -0.1) is 0 Å². The largest absolute Gasteiger partial charge is 0.494 e. The Morgan fingerprint density at radius 3 is 2.50 bits per heavy atom. The molecule has 0 saturated heterocycles. The van der Waals surface area contributed by atoms with E-state index in [2.05, 4.69) is 0 Å². The molecule has 1 N–H and O–H groups in total. The monoisotopic (exact) mass is 232 g/mol. The molecule has 0 aliphatic heterocycles. The summed E-state index contributed by atoms with van der Waals surface area (Å²) < 4.78 is 38.0. The number of pyridine rings is 1. The molecule has 1 aromatic rings. The maximum atomic E-state index is 12.4. The fraction of sp³-hybridized carbons (Fsp3) is 0.333. The molecule has 0 unspecified atom stereocenters. The Labute approximate surface area is 88.2 Å². The Kier molecular flexibility index (Phi) is 2.94. The van der Waals surface area contributed by atoms with E-state index in [0.29, 0.717) is 10.6 Å². The van der Waals surface area contributed by atoms with E-state index in [9.17, 15) is 23.1 Å². The highest BCUT2D eigenvalue weighted by molar-refractivity contribution is 5.40. The van der Waals surface area contributed by atoms with Crippen molar-refractivity contribution in [2.24, 2.45) is 0 Å². The summed E-state index contributed by atoms with van der Waals surface area (Å²) in [6.07, 6.45) is -4.84. The zero-order chi connectivity index (χ0) is 12.5. The van der Waals surface area contributed by atoms with Crippen LogP contribution in [-0.2, 0) is 12.7 Å². The second-order valence-corrected chi connectivity index (χ2v) is 2.95. The highest BCUT2D eigenvalue weighted by Gasteiger charge is 2.36. The van der Waals surface area contributed by atoms with Crippen molar-refractivity contribution in [1.82, 2.24) is 4.57 Å². The van der Waals surface area contributed by atoms with E-state index in [-0.39, 0.29) is 6.54 Å². The van der Waals surface area contributed by atoms with Crippen LogP contribution in [0.5, 0.6) is 5.88 Å². The van der Waals surface area contributed by atoms with E-state index < -0.39 is 28.7 Å². The third kappa shape index (κ3) is 1.86. The van der Waals surface area contributed by atoms with Crippen LogP contribution < -0.4 is 5.56 Å². The number of aromatic hydroxyl groups is 1. The first-order valence-corrected chi connectivity index (χ1v) is 4.27. The first-order valence-electron chi connectivity index (χ1n) is 4.27. The molecule has 86 valence electrons. The number of nitriles is 1. The van der Waals surface area contributed by atoms with Crippen molar-refractivity contribution in [3.8, 4) is 11.9 Å². The number of alkyl halides is 3. The predicted octanol–water partition coefficient (Wildman–Crippen LogP) is 1.46. The molecule has 0 aliphatic carbocycles. The van der Waals surface area contributed by atoms with Crippen molar-refractivity contribution < 1.29 is 18.3 Å². The minimum absolute atomic E-state index is 0.0164. The second kappa shape index (κ2) is 3.89. The van der Waals surface area contributed by atoms with Crippen LogP contribution in [0, 0.1) is 11.3 Å². The lowest BCUT2D eigenvalue weighted by atomic mass is 10.1. The molecule has 1 heterocycles. The lowest BCUT2D eigenvalue weighted by Gasteiger charge is -2.12. The number of hydrogen-bond acceptors (Lipinski definition) is 3. The smallest absolute Gasteiger partial charge is 0.418 e. The molecule has 0 amide bonds. The average molecular weight is 232 g/mol. The van der Waals surface area contributed by atoms with E-state index in [4.69, 9.17) is 5.26 Å². The van der Waals surface area contributed by atoms with Gasteiger partial charge >= 0.3 is 6.18 Å². The minimum Gasteiger partial charge on any atom is -0.494 e. The Hall–Kier alpha value is -1.97.